The van der Waals surface area contributed by atoms with Crippen LogP contribution in [0.5, 0.6) is 0 Å². The van der Waals surface area contributed by atoms with Crippen molar-refractivity contribution >= 4 is 62.8 Å². The molecule has 52 heavy (non-hydrogen) atoms. The third-order valence-electron chi connectivity index (χ3n) is 6.81. The first-order valence-electron chi connectivity index (χ1n) is 16.3. The van der Waals surface area contributed by atoms with Gasteiger partial charge in [0.15, 0.2) is 5.82 Å². The van der Waals surface area contributed by atoms with Crippen molar-refractivity contribution in [3.8, 4) is 0 Å². The summed E-state index contributed by atoms with van der Waals surface area (Å²) in [5.74, 6) is -1.51. The normalized spacial score (nSPS) is 12.2. The minimum Gasteiger partial charge on any atom is -0.444 e. The van der Waals surface area contributed by atoms with Crippen molar-refractivity contribution in [3.05, 3.63) is 59.0 Å². The molecule has 0 bridgehead atoms. The molecule has 0 aliphatic heterocycles. The van der Waals surface area contributed by atoms with Gasteiger partial charge in [-0.1, -0.05) is 23.7 Å². The number of hydrogen-bond acceptors (Lipinski definition) is 10. The number of amides is 2. The molecule has 286 valence electrons. The molecule has 1 heterocycles. The van der Waals surface area contributed by atoms with Crippen LogP contribution < -0.4 is 14.5 Å². The van der Waals surface area contributed by atoms with Gasteiger partial charge in [0.05, 0.1) is 27.8 Å². The van der Waals surface area contributed by atoms with E-state index in [9.17, 15) is 22.8 Å². The number of carbonyl (C=O) groups excluding carboxylic acids is 3. The number of hydrogen-bond donors (Lipinski definition) is 1. The molecule has 0 saturated carbocycles. The Labute approximate surface area is 309 Å². The lowest BCUT2D eigenvalue weighted by Gasteiger charge is -2.32. The molecule has 0 aliphatic carbocycles. The standard InChI is InChI=1S/C35H48ClFN6O8S/c1-22-19-29(38-43(22)32(46)51-35(8,9)10)39-52(47,48)28-20-23(36)27(21-24(28)37)42(31(45)50-34(5,6)7)26-16-14-13-15-25(26)40(11)17-18-41(12)30(44)49-33(2,3)4/h13-16,19-21H,17-18H2,1-12H3,(H,38,39). The Hall–Kier alpha value is -4.57. The number of halogens is 2. The van der Waals surface area contributed by atoms with Crippen LogP contribution in [0.25, 0.3) is 0 Å². The predicted molar refractivity (Wildman–Crippen MR) is 198 cm³/mol. The zero-order chi connectivity index (χ0) is 39.6. The monoisotopic (exact) mass is 766 g/mol. The predicted octanol–water partition coefficient (Wildman–Crippen LogP) is 7.94. The van der Waals surface area contributed by atoms with Gasteiger partial charge in [-0.3, -0.25) is 4.72 Å². The van der Waals surface area contributed by atoms with Crippen molar-refractivity contribution in [2.24, 2.45) is 0 Å². The van der Waals surface area contributed by atoms with Gasteiger partial charge < -0.3 is 24.0 Å². The van der Waals surface area contributed by atoms with Crippen LogP contribution in [-0.4, -0.2) is 85.4 Å². The second-order valence-corrected chi connectivity index (χ2v) is 17.1. The fourth-order valence-corrected chi connectivity index (χ4v) is 5.95. The Bertz CT molecular complexity index is 1910. The molecule has 3 aromatic rings. The Balaban J connectivity index is 2.02. The highest BCUT2D eigenvalue weighted by atomic mass is 35.5. The van der Waals surface area contributed by atoms with E-state index in [1.54, 1.807) is 106 Å². The maximum absolute atomic E-state index is 16.0. The summed E-state index contributed by atoms with van der Waals surface area (Å²) < 4.78 is 62.3. The highest BCUT2D eigenvalue weighted by Gasteiger charge is 2.32. The van der Waals surface area contributed by atoms with Gasteiger partial charge in [-0.05, 0) is 87.4 Å². The maximum Gasteiger partial charge on any atom is 0.435 e. The molecule has 14 nitrogen and oxygen atoms in total. The van der Waals surface area contributed by atoms with Crippen molar-refractivity contribution in [2.45, 2.75) is 90.9 Å². The van der Waals surface area contributed by atoms with E-state index in [1.807, 2.05) is 0 Å². The van der Waals surface area contributed by atoms with Gasteiger partial charge in [0, 0.05) is 39.3 Å². The van der Waals surface area contributed by atoms with Gasteiger partial charge in [0.2, 0.25) is 0 Å². The first-order chi connectivity index (χ1) is 23.7. The van der Waals surface area contributed by atoms with E-state index in [0.29, 0.717) is 12.2 Å². The van der Waals surface area contributed by atoms with Crippen molar-refractivity contribution in [3.63, 3.8) is 0 Å². The number of rotatable bonds is 9. The minimum atomic E-state index is -4.67. The van der Waals surface area contributed by atoms with Crippen LogP contribution in [0.2, 0.25) is 5.02 Å². The average molecular weight is 767 g/mol. The molecular formula is C35H48ClFN6O8S. The fraction of sp³-hybridized carbons (Fsp3) is 0.486. The van der Waals surface area contributed by atoms with Gasteiger partial charge in [-0.15, -0.1) is 5.10 Å². The maximum atomic E-state index is 16.0. The Kier molecular flexibility index (Phi) is 12.5. The molecular weight excluding hydrogens is 719 g/mol. The number of likely N-dealkylation sites (N-methyl/N-ethyl adjacent to an activating group) is 2. The van der Waals surface area contributed by atoms with Crippen LogP contribution in [0.1, 0.15) is 68.0 Å². The lowest BCUT2D eigenvalue weighted by atomic mass is 10.2. The number of sulfonamides is 1. The van der Waals surface area contributed by atoms with Crippen LogP contribution in [0.3, 0.4) is 0 Å². The van der Waals surface area contributed by atoms with Crippen molar-refractivity contribution in [1.29, 1.82) is 0 Å². The molecule has 2 amide bonds. The van der Waals surface area contributed by atoms with Gasteiger partial charge >= 0.3 is 18.3 Å². The Morgan fingerprint density at radius 1 is 0.827 bits per heavy atom. The number of benzene rings is 2. The molecule has 0 fully saturated rings. The highest BCUT2D eigenvalue weighted by molar-refractivity contribution is 7.92. The van der Waals surface area contributed by atoms with E-state index >= 15 is 4.39 Å². The number of nitrogens with one attached hydrogen (secondary N) is 1. The van der Waals surface area contributed by atoms with Crippen molar-refractivity contribution < 1.29 is 41.4 Å². The fourth-order valence-electron chi connectivity index (χ4n) is 4.56. The molecule has 0 aliphatic rings. The lowest BCUT2D eigenvalue weighted by molar-refractivity contribution is 0.0303. The second-order valence-electron chi connectivity index (χ2n) is 15.0. The summed E-state index contributed by atoms with van der Waals surface area (Å²) in [6.07, 6.45) is -2.27. The number of para-hydroxylation sites is 2. The van der Waals surface area contributed by atoms with E-state index in [1.165, 1.54) is 17.9 Å². The first kappa shape index (κ1) is 41.8. The third kappa shape index (κ3) is 11.2. The van der Waals surface area contributed by atoms with Crippen LogP contribution in [0.15, 0.2) is 47.4 Å². The van der Waals surface area contributed by atoms with E-state index in [4.69, 9.17) is 25.8 Å². The summed E-state index contributed by atoms with van der Waals surface area (Å²) in [6, 6.07) is 9.66. The number of nitrogens with zero attached hydrogens (tertiary/aromatic N) is 5. The summed E-state index contributed by atoms with van der Waals surface area (Å²) in [6.45, 7) is 17.3. The summed E-state index contributed by atoms with van der Waals surface area (Å²) in [7, 11) is -1.33. The zero-order valence-electron chi connectivity index (χ0n) is 31.6. The van der Waals surface area contributed by atoms with Gasteiger partial charge in [-0.25, -0.2) is 32.1 Å². The number of ether oxygens (including phenoxy) is 3. The summed E-state index contributed by atoms with van der Waals surface area (Å²) in [4.78, 5) is 42.3. The molecule has 0 spiro atoms. The Morgan fingerprint density at radius 2 is 1.37 bits per heavy atom. The number of carbonyl (C=O) groups is 3. The van der Waals surface area contributed by atoms with E-state index < -0.39 is 55.8 Å². The molecule has 3 rings (SSSR count). The van der Waals surface area contributed by atoms with E-state index in [-0.39, 0.29) is 34.5 Å². The quantitative estimate of drug-likeness (QED) is 0.212. The van der Waals surface area contributed by atoms with Crippen molar-refractivity contribution in [1.82, 2.24) is 14.7 Å². The SMILES string of the molecule is Cc1cc(NS(=O)(=O)c2cc(Cl)c(N(C(=O)OC(C)(C)C)c3ccccc3N(C)CCN(C)C(=O)OC(C)(C)C)cc2F)nn1C(=O)OC(C)(C)C. The number of aromatic nitrogens is 2. The smallest absolute Gasteiger partial charge is 0.435 e. The lowest BCUT2D eigenvalue weighted by Crippen LogP contribution is -2.39. The average Bonchev–Trinajstić information content (AvgIpc) is 3.34. The highest BCUT2D eigenvalue weighted by Crippen LogP contribution is 2.40. The number of aryl methyl sites for hydroxylation is 1. The molecule has 0 atom stereocenters. The summed E-state index contributed by atoms with van der Waals surface area (Å²) in [5, 5.41) is 3.67. The summed E-state index contributed by atoms with van der Waals surface area (Å²) in [5.41, 5.74) is -1.72. The minimum absolute atomic E-state index is 0.205. The van der Waals surface area contributed by atoms with Gasteiger partial charge in [0.25, 0.3) is 10.0 Å². The molecule has 0 unspecified atom stereocenters. The summed E-state index contributed by atoms with van der Waals surface area (Å²) >= 11 is 6.66. The number of anilines is 4. The van der Waals surface area contributed by atoms with Gasteiger partial charge in [0.1, 0.15) is 27.5 Å². The van der Waals surface area contributed by atoms with Crippen molar-refractivity contribution in [2.75, 3.05) is 41.7 Å². The van der Waals surface area contributed by atoms with Gasteiger partial charge in [-0.2, -0.15) is 4.68 Å². The van der Waals surface area contributed by atoms with E-state index in [2.05, 4.69) is 9.82 Å². The molecule has 2 aromatic carbocycles. The largest absolute Gasteiger partial charge is 0.444 e. The third-order valence-corrected chi connectivity index (χ3v) is 8.48. The Morgan fingerprint density at radius 3 is 1.92 bits per heavy atom. The van der Waals surface area contributed by atoms with Crippen LogP contribution >= 0.6 is 11.6 Å². The molecule has 0 radical (unpaired) electrons. The first-order valence-corrected chi connectivity index (χ1v) is 18.1. The van der Waals surface area contributed by atoms with Crippen LogP contribution in [0.4, 0.5) is 41.7 Å². The van der Waals surface area contributed by atoms with Crippen LogP contribution in [0, 0.1) is 12.7 Å². The molecule has 0 saturated heterocycles. The topological polar surface area (TPSA) is 153 Å². The molecule has 1 N–H and O–H groups in total. The second kappa shape index (κ2) is 15.6. The zero-order valence-corrected chi connectivity index (χ0v) is 33.2. The van der Waals surface area contributed by atoms with Crippen LogP contribution in [-0.2, 0) is 24.2 Å². The molecule has 1 aromatic heterocycles. The molecule has 17 heteroatoms. The van der Waals surface area contributed by atoms with E-state index in [0.717, 1.165) is 21.7 Å².